The molecule has 1 N–H and O–H groups in total. The van der Waals surface area contributed by atoms with Crippen molar-refractivity contribution in [2.75, 3.05) is 0 Å². The van der Waals surface area contributed by atoms with E-state index in [-0.39, 0.29) is 5.56 Å². The van der Waals surface area contributed by atoms with E-state index < -0.39 is 0 Å². The quantitative estimate of drug-likeness (QED) is 0.853. The fraction of sp³-hybridized carbons (Fsp3) is 0.600. The number of H-pyrrole nitrogens is 1. The van der Waals surface area contributed by atoms with Crippen molar-refractivity contribution in [1.82, 2.24) is 9.97 Å². The number of nitrogens with one attached hydrogen (secondary N) is 1. The first-order valence-electron chi connectivity index (χ1n) is 4.89. The third-order valence-corrected chi connectivity index (χ3v) is 3.46. The molecule has 0 atom stereocenters. The lowest BCUT2D eigenvalue weighted by molar-refractivity contribution is 0.766. The predicted molar refractivity (Wildman–Crippen MR) is 63.6 cm³/mol. The molecule has 3 nitrogen and oxygen atoms in total. The van der Waals surface area contributed by atoms with Gasteiger partial charge in [0.15, 0.2) is 0 Å². The average molecular weight is 304 g/mol. The van der Waals surface area contributed by atoms with E-state index in [0.717, 1.165) is 15.1 Å². The SMILES string of the molecule is CC(C)c1nc(C2CC2)[nH]c(=O)c1I. The zero-order valence-electron chi connectivity index (χ0n) is 8.30. The molecule has 0 spiro atoms. The van der Waals surface area contributed by atoms with Crippen molar-refractivity contribution in [2.45, 2.75) is 38.5 Å². The first kappa shape index (κ1) is 10.1. The van der Waals surface area contributed by atoms with E-state index in [4.69, 9.17) is 0 Å². The third kappa shape index (κ3) is 1.85. The van der Waals surface area contributed by atoms with Crippen LogP contribution in [-0.4, -0.2) is 9.97 Å². The van der Waals surface area contributed by atoms with Gasteiger partial charge in [0.05, 0.1) is 9.26 Å². The molecule has 1 aliphatic rings. The fourth-order valence-electron chi connectivity index (χ4n) is 1.43. The van der Waals surface area contributed by atoms with E-state index in [1.165, 1.54) is 12.8 Å². The summed E-state index contributed by atoms with van der Waals surface area (Å²) in [6, 6.07) is 0. The summed E-state index contributed by atoms with van der Waals surface area (Å²) in [6.07, 6.45) is 2.34. The van der Waals surface area contributed by atoms with Crippen molar-refractivity contribution >= 4 is 22.6 Å². The van der Waals surface area contributed by atoms with E-state index in [2.05, 4.69) is 46.4 Å². The highest BCUT2D eigenvalue weighted by molar-refractivity contribution is 14.1. The fourth-order valence-corrected chi connectivity index (χ4v) is 2.31. The van der Waals surface area contributed by atoms with Crippen molar-refractivity contribution in [3.63, 3.8) is 0 Å². The van der Waals surface area contributed by atoms with Crippen molar-refractivity contribution in [3.05, 3.63) is 25.4 Å². The van der Waals surface area contributed by atoms with Crippen molar-refractivity contribution in [1.29, 1.82) is 0 Å². The second-order valence-corrected chi connectivity index (χ2v) is 5.16. The molecule has 1 saturated carbocycles. The summed E-state index contributed by atoms with van der Waals surface area (Å²) < 4.78 is 0.738. The molecule has 4 heteroatoms. The van der Waals surface area contributed by atoms with E-state index in [1.807, 2.05) is 0 Å². The van der Waals surface area contributed by atoms with Gasteiger partial charge in [-0.2, -0.15) is 0 Å². The number of aromatic nitrogens is 2. The van der Waals surface area contributed by atoms with Crippen LogP contribution in [0, 0.1) is 3.57 Å². The molecule has 1 aromatic rings. The number of rotatable bonds is 2. The Kier molecular flexibility index (Phi) is 2.64. The maximum absolute atomic E-state index is 11.6. The maximum Gasteiger partial charge on any atom is 0.264 e. The molecule has 0 saturated heterocycles. The van der Waals surface area contributed by atoms with Gasteiger partial charge in [-0.15, -0.1) is 0 Å². The zero-order chi connectivity index (χ0) is 10.3. The molecule has 1 aromatic heterocycles. The largest absolute Gasteiger partial charge is 0.309 e. The van der Waals surface area contributed by atoms with Crippen LogP contribution in [0.4, 0.5) is 0 Å². The van der Waals surface area contributed by atoms with Gasteiger partial charge in [0.25, 0.3) is 5.56 Å². The molecule has 1 heterocycles. The summed E-state index contributed by atoms with van der Waals surface area (Å²) in [5, 5.41) is 0. The summed E-state index contributed by atoms with van der Waals surface area (Å²) in [5.41, 5.74) is 0.961. The Morgan fingerprint density at radius 2 is 2.14 bits per heavy atom. The topological polar surface area (TPSA) is 45.8 Å². The minimum absolute atomic E-state index is 0.0196. The second-order valence-electron chi connectivity index (χ2n) is 4.08. The molecule has 0 aromatic carbocycles. The van der Waals surface area contributed by atoms with Crippen LogP contribution in [0.3, 0.4) is 0 Å². The highest BCUT2D eigenvalue weighted by Gasteiger charge is 2.27. The Hall–Kier alpha value is -0.390. The molecule has 2 rings (SSSR count). The van der Waals surface area contributed by atoms with Crippen LogP contribution >= 0.6 is 22.6 Å². The first-order valence-corrected chi connectivity index (χ1v) is 5.97. The number of hydrogen-bond donors (Lipinski definition) is 1. The first-order chi connectivity index (χ1) is 6.59. The predicted octanol–water partition coefficient (Wildman–Crippen LogP) is 2.38. The van der Waals surface area contributed by atoms with E-state index in [1.54, 1.807) is 0 Å². The van der Waals surface area contributed by atoms with Crippen LogP contribution in [0.5, 0.6) is 0 Å². The summed E-state index contributed by atoms with van der Waals surface area (Å²) in [5.74, 6) is 1.72. The number of aromatic amines is 1. The Bertz CT molecular complexity index is 407. The Balaban J connectivity index is 2.52. The Morgan fingerprint density at radius 3 is 2.64 bits per heavy atom. The van der Waals surface area contributed by atoms with Crippen LogP contribution < -0.4 is 5.56 Å². The van der Waals surface area contributed by atoms with Crippen molar-refractivity contribution in [3.8, 4) is 0 Å². The van der Waals surface area contributed by atoms with Gasteiger partial charge in [-0.05, 0) is 41.4 Å². The summed E-state index contributed by atoms with van der Waals surface area (Å²) in [6.45, 7) is 4.14. The van der Waals surface area contributed by atoms with Gasteiger partial charge in [0.2, 0.25) is 0 Å². The van der Waals surface area contributed by atoms with Gasteiger partial charge in [0.1, 0.15) is 5.82 Å². The molecule has 0 unspecified atom stereocenters. The van der Waals surface area contributed by atoms with Gasteiger partial charge < -0.3 is 4.98 Å². The molecule has 1 aliphatic carbocycles. The second kappa shape index (κ2) is 3.64. The van der Waals surface area contributed by atoms with Crippen molar-refractivity contribution < 1.29 is 0 Å². The molecule has 1 fully saturated rings. The van der Waals surface area contributed by atoms with E-state index >= 15 is 0 Å². The standard InChI is InChI=1S/C10H13IN2O/c1-5(2)8-7(11)10(14)13-9(12-8)6-3-4-6/h5-6H,3-4H2,1-2H3,(H,12,13,14). The van der Waals surface area contributed by atoms with Gasteiger partial charge in [-0.1, -0.05) is 13.8 Å². The molecular formula is C10H13IN2O. The normalized spacial score (nSPS) is 16.3. The molecule has 14 heavy (non-hydrogen) atoms. The minimum Gasteiger partial charge on any atom is -0.309 e. The smallest absolute Gasteiger partial charge is 0.264 e. The van der Waals surface area contributed by atoms with Gasteiger partial charge in [-0.25, -0.2) is 4.98 Å². The van der Waals surface area contributed by atoms with E-state index in [0.29, 0.717) is 11.8 Å². The lowest BCUT2D eigenvalue weighted by Gasteiger charge is -2.08. The van der Waals surface area contributed by atoms with Crippen LogP contribution in [-0.2, 0) is 0 Å². The van der Waals surface area contributed by atoms with Crippen LogP contribution in [0.2, 0.25) is 0 Å². The average Bonchev–Trinajstić information content (AvgIpc) is 2.91. The zero-order valence-corrected chi connectivity index (χ0v) is 10.5. The molecule has 0 radical (unpaired) electrons. The molecular weight excluding hydrogens is 291 g/mol. The number of hydrogen-bond acceptors (Lipinski definition) is 2. The molecule has 0 bridgehead atoms. The molecule has 0 aliphatic heterocycles. The van der Waals surface area contributed by atoms with Crippen LogP contribution in [0.25, 0.3) is 0 Å². The van der Waals surface area contributed by atoms with Crippen LogP contribution in [0.1, 0.15) is 50.0 Å². The lowest BCUT2D eigenvalue weighted by atomic mass is 10.1. The third-order valence-electron chi connectivity index (χ3n) is 2.42. The number of nitrogens with zero attached hydrogens (tertiary/aromatic N) is 1. The van der Waals surface area contributed by atoms with Gasteiger partial charge in [0, 0.05) is 5.92 Å². The molecule has 76 valence electrons. The summed E-state index contributed by atoms with van der Waals surface area (Å²) >= 11 is 2.07. The molecule has 0 amide bonds. The maximum atomic E-state index is 11.6. The van der Waals surface area contributed by atoms with Crippen molar-refractivity contribution in [2.24, 2.45) is 0 Å². The van der Waals surface area contributed by atoms with Crippen LogP contribution in [0.15, 0.2) is 4.79 Å². The Morgan fingerprint density at radius 1 is 1.50 bits per heavy atom. The highest BCUT2D eigenvalue weighted by Crippen LogP contribution is 2.38. The monoisotopic (exact) mass is 304 g/mol. The minimum atomic E-state index is 0.0196. The van der Waals surface area contributed by atoms with Gasteiger partial charge >= 0.3 is 0 Å². The van der Waals surface area contributed by atoms with Gasteiger partial charge in [-0.3, -0.25) is 4.79 Å². The summed E-state index contributed by atoms with van der Waals surface area (Å²) in [7, 11) is 0. The number of halogens is 1. The van der Waals surface area contributed by atoms with E-state index in [9.17, 15) is 4.79 Å². The Labute approximate surface area is 96.5 Å². The summed E-state index contributed by atoms with van der Waals surface area (Å²) in [4.78, 5) is 19.0. The lowest BCUT2D eigenvalue weighted by Crippen LogP contribution is -2.18. The highest BCUT2D eigenvalue weighted by atomic mass is 127.